The van der Waals surface area contributed by atoms with Crippen LogP contribution in [-0.4, -0.2) is 5.91 Å². The molecular formula is C18H23NO2. The third-order valence-electron chi connectivity index (χ3n) is 3.96. The van der Waals surface area contributed by atoms with Crippen molar-refractivity contribution in [2.75, 3.05) is 0 Å². The summed E-state index contributed by atoms with van der Waals surface area (Å²) in [6, 6.07) is 11.7. The number of carbonyl (C=O) groups excluding carboxylic acids is 1. The smallest absolute Gasteiger partial charge is 0.230 e. The average molecular weight is 285 g/mol. The molecule has 0 aliphatic rings. The molecule has 112 valence electrons. The van der Waals surface area contributed by atoms with E-state index in [0.717, 1.165) is 22.6 Å². The summed E-state index contributed by atoms with van der Waals surface area (Å²) in [6.07, 6.45) is 0. The zero-order chi connectivity index (χ0) is 15.6. The summed E-state index contributed by atoms with van der Waals surface area (Å²) in [7, 11) is 0. The van der Waals surface area contributed by atoms with E-state index in [4.69, 9.17) is 4.42 Å². The number of furan rings is 1. The molecule has 0 unspecified atom stereocenters. The molecule has 2 aromatic rings. The van der Waals surface area contributed by atoms with E-state index in [-0.39, 0.29) is 11.9 Å². The van der Waals surface area contributed by atoms with Crippen LogP contribution in [0.4, 0.5) is 0 Å². The van der Waals surface area contributed by atoms with Gasteiger partial charge < -0.3 is 9.73 Å². The Morgan fingerprint density at radius 1 is 1.19 bits per heavy atom. The molecule has 0 radical (unpaired) electrons. The average Bonchev–Trinajstić information content (AvgIpc) is 2.78. The van der Waals surface area contributed by atoms with Crippen LogP contribution in [0.1, 0.15) is 49.5 Å². The zero-order valence-corrected chi connectivity index (χ0v) is 13.4. The molecule has 1 aromatic carbocycles. The van der Waals surface area contributed by atoms with Gasteiger partial charge in [0.2, 0.25) is 5.91 Å². The van der Waals surface area contributed by atoms with Crippen LogP contribution in [0.3, 0.4) is 0 Å². The van der Waals surface area contributed by atoms with Crippen LogP contribution in [-0.2, 0) is 10.2 Å². The van der Waals surface area contributed by atoms with Gasteiger partial charge in [-0.05, 0) is 46.2 Å². The SMILES string of the molecule is Cc1cc([C@H](C)NC(=O)C(C)(C)c2ccccc2)c(C)o1. The first kappa shape index (κ1) is 15.4. The minimum Gasteiger partial charge on any atom is -0.466 e. The van der Waals surface area contributed by atoms with Crippen LogP contribution in [0.25, 0.3) is 0 Å². The van der Waals surface area contributed by atoms with Crippen LogP contribution in [0, 0.1) is 13.8 Å². The summed E-state index contributed by atoms with van der Waals surface area (Å²) in [4.78, 5) is 12.6. The fourth-order valence-corrected chi connectivity index (χ4v) is 2.52. The number of nitrogens with one attached hydrogen (secondary N) is 1. The molecule has 1 atom stereocenters. The van der Waals surface area contributed by atoms with Crippen LogP contribution in [0.5, 0.6) is 0 Å². The quantitative estimate of drug-likeness (QED) is 0.920. The topological polar surface area (TPSA) is 42.2 Å². The molecule has 0 fully saturated rings. The molecule has 0 aliphatic heterocycles. The van der Waals surface area contributed by atoms with E-state index in [9.17, 15) is 4.79 Å². The molecule has 3 heteroatoms. The van der Waals surface area contributed by atoms with Gasteiger partial charge in [-0.25, -0.2) is 0 Å². The van der Waals surface area contributed by atoms with E-state index in [1.807, 2.05) is 71.0 Å². The summed E-state index contributed by atoms with van der Waals surface area (Å²) in [5.41, 5.74) is 1.47. The molecular weight excluding hydrogens is 262 g/mol. The molecule has 2 rings (SSSR count). The molecule has 1 heterocycles. The van der Waals surface area contributed by atoms with Gasteiger partial charge in [-0.2, -0.15) is 0 Å². The molecule has 1 N–H and O–H groups in total. The maximum Gasteiger partial charge on any atom is 0.230 e. The van der Waals surface area contributed by atoms with Crippen molar-refractivity contribution in [3.05, 3.63) is 59.0 Å². The van der Waals surface area contributed by atoms with Crippen molar-refractivity contribution in [3.63, 3.8) is 0 Å². The molecule has 0 saturated heterocycles. The van der Waals surface area contributed by atoms with Crippen molar-refractivity contribution >= 4 is 5.91 Å². The number of hydrogen-bond donors (Lipinski definition) is 1. The Bertz CT molecular complexity index is 626. The van der Waals surface area contributed by atoms with Gasteiger partial charge in [-0.1, -0.05) is 30.3 Å². The second kappa shape index (κ2) is 5.76. The molecule has 0 saturated carbocycles. The highest BCUT2D eigenvalue weighted by Crippen LogP contribution is 2.26. The van der Waals surface area contributed by atoms with Crippen molar-refractivity contribution in [1.82, 2.24) is 5.32 Å². The zero-order valence-electron chi connectivity index (χ0n) is 13.4. The van der Waals surface area contributed by atoms with E-state index in [1.54, 1.807) is 0 Å². The van der Waals surface area contributed by atoms with Crippen molar-refractivity contribution < 1.29 is 9.21 Å². The van der Waals surface area contributed by atoms with Crippen LogP contribution in [0.2, 0.25) is 0 Å². The van der Waals surface area contributed by atoms with Crippen molar-refractivity contribution in [1.29, 1.82) is 0 Å². The molecule has 3 nitrogen and oxygen atoms in total. The van der Waals surface area contributed by atoms with Crippen LogP contribution < -0.4 is 5.32 Å². The third kappa shape index (κ3) is 3.18. The third-order valence-corrected chi connectivity index (χ3v) is 3.96. The Morgan fingerprint density at radius 3 is 2.33 bits per heavy atom. The predicted molar refractivity (Wildman–Crippen MR) is 84.2 cm³/mol. The fraction of sp³-hybridized carbons (Fsp3) is 0.389. The number of aryl methyl sites for hydroxylation is 2. The van der Waals surface area contributed by atoms with Crippen LogP contribution >= 0.6 is 0 Å². The molecule has 0 aliphatic carbocycles. The van der Waals surface area contributed by atoms with Gasteiger partial charge >= 0.3 is 0 Å². The highest BCUT2D eigenvalue weighted by Gasteiger charge is 2.31. The van der Waals surface area contributed by atoms with Crippen LogP contribution in [0.15, 0.2) is 40.8 Å². The largest absolute Gasteiger partial charge is 0.466 e. The lowest BCUT2D eigenvalue weighted by Gasteiger charge is -2.26. The monoisotopic (exact) mass is 285 g/mol. The normalized spacial score (nSPS) is 13.0. The summed E-state index contributed by atoms with van der Waals surface area (Å²) in [6.45, 7) is 9.71. The summed E-state index contributed by atoms with van der Waals surface area (Å²) in [5, 5.41) is 3.09. The maximum atomic E-state index is 12.6. The van der Waals surface area contributed by atoms with Gasteiger partial charge in [0.05, 0.1) is 11.5 Å². The van der Waals surface area contributed by atoms with E-state index in [1.165, 1.54) is 0 Å². The number of benzene rings is 1. The maximum absolute atomic E-state index is 12.6. The minimum absolute atomic E-state index is 0.0134. The standard InChI is InChI=1S/C18H23NO2/c1-12-11-16(14(3)21-12)13(2)19-17(20)18(4,5)15-9-7-6-8-10-15/h6-11,13H,1-5H3,(H,19,20)/t13-/m0/s1. The van der Waals surface area contributed by atoms with Crippen molar-refractivity contribution in [2.24, 2.45) is 0 Å². The molecule has 1 amide bonds. The Kier molecular flexibility index (Phi) is 4.21. The second-order valence-electron chi connectivity index (χ2n) is 6.05. The van der Waals surface area contributed by atoms with Crippen molar-refractivity contribution in [3.8, 4) is 0 Å². The summed E-state index contributed by atoms with van der Waals surface area (Å²) >= 11 is 0. The van der Waals surface area contributed by atoms with Gasteiger partial charge in [0.25, 0.3) is 0 Å². The first-order valence-electron chi connectivity index (χ1n) is 7.26. The van der Waals surface area contributed by atoms with Gasteiger partial charge in [0.1, 0.15) is 11.5 Å². The molecule has 0 bridgehead atoms. The Hall–Kier alpha value is -2.03. The lowest BCUT2D eigenvalue weighted by Crippen LogP contribution is -2.41. The van der Waals surface area contributed by atoms with Gasteiger partial charge in [0.15, 0.2) is 0 Å². The summed E-state index contributed by atoms with van der Waals surface area (Å²) in [5.74, 6) is 1.74. The second-order valence-corrected chi connectivity index (χ2v) is 6.05. The first-order chi connectivity index (χ1) is 9.82. The highest BCUT2D eigenvalue weighted by atomic mass is 16.3. The van der Waals surface area contributed by atoms with E-state index >= 15 is 0 Å². The first-order valence-corrected chi connectivity index (χ1v) is 7.26. The van der Waals surface area contributed by atoms with Crippen molar-refractivity contribution in [2.45, 2.75) is 46.1 Å². The lowest BCUT2D eigenvalue weighted by molar-refractivity contribution is -0.126. The number of carbonyl (C=O) groups is 1. The van der Waals surface area contributed by atoms with Gasteiger partial charge in [-0.3, -0.25) is 4.79 Å². The number of amides is 1. The predicted octanol–water partition coefficient (Wildman–Crippen LogP) is 4.05. The molecule has 1 aromatic heterocycles. The number of rotatable bonds is 4. The Balaban J connectivity index is 2.16. The number of hydrogen-bond acceptors (Lipinski definition) is 2. The van der Waals surface area contributed by atoms with E-state index < -0.39 is 5.41 Å². The van der Waals surface area contributed by atoms with E-state index in [2.05, 4.69) is 5.32 Å². The Labute approximate surface area is 126 Å². The summed E-state index contributed by atoms with van der Waals surface area (Å²) < 4.78 is 5.54. The fourth-order valence-electron chi connectivity index (χ4n) is 2.52. The van der Waals surface area contributed by atoms with Gasteiger partial charge in [0, 0.05) is 5.56 Å². The lowest BCUT2D eigenvalue weighted by atomic mass is 9.83. The molecule has 0 spiro atoms. The van der Waals surface area contributed by atoms with E-state index in [0.29, 0.717) is 0 Å². The minimum atomic E-state index is -0.567. The molecule has 21 heavy (non-hydrogen) atoms. The van der Waals surface area contributed by atoms with Gasteiger partial charge in [-0.15, -0.1) is 0 Å². The Morgan fingerprint density at radius 2 is 1.81 bits per heavy atom. The highest BCUT2D eigenvalue weighted by molar-refractivity contribution is 5.87.